The van der Waals surface area contributed by atoms with Gasteiger partial charge in [0.15, 0.2) is 0 Å². The van der Waals surface area contributed by atoms with E-state index in [2.05, 4.69) is 10.3 Å². The number of likely N-dealkylation sites (tertiary alicyclic amines) is 1. The summed E-state index contributed by atoms with van der Waals surface area (Å²) in [4.78, 5) is 18.7. The van der Waals surface area contributed by atoms with Crippen molar-refractivity contribution in [1.29, 1.82) is 0 Å². The van der Waals surface area contributed by atoms with Crippen LogP contribution in [0.1, 0.15) is 30.1 Å². The van der Waals surface area contributed by atoms with Gasteiger partial charge >= 0.3 is 0 Å². The summed E-state index contributed by atoms with van der Waals surface area (Å²) in [5.41, 5.74) is 0.633. The molecular formula is C14H21N3O2. The third kappa shape index (κ3) is 3.04. The highest BCUT2D eigenvalue weighted by molar-refractivity contribution is 5.99. The van der Waals surface area contributed by atoms with E-state index in [1.54, 1.807) is 19.3 Å². The fraction of sp³-hybridized carbons (Fsp3) is 0.571. The van der Waals surface area contributed by atoms with Gasteiger partial charge in [-0.2, -0.15) is 0 Å². The van der Waals surface area contributed by atoms with Gasteiger partial charge in [0, 0.05) is 26.4 Å². The Bertz CT molecular complexity index is 436. The van der Waals surface area contributed by atoms with E-state index in [4.69, 9.17) is 4.74 Å². The first-order chi connectivity index (χ1) is 9.27. The smallest absolute Gasteiger partial charge is 0.257 e. The molecule has 0 unspecified atom stereocenters. The summed E-state index contributed by atoms with van der Waals surface area (Å²) in [7, 11) is 1.78. The number of aromatic nitrogens is 1. The van der Waals surface area contributed by atoms with E-state index in [-0.39, 0.29) is 11.9 Å². The number of rotatable bonds is 5. The molecule has 2 heterocycles. The molecule has 0 saturated carbocycles. The van der Waals surface area contributed by atoms with Crippen molar-refractivity contribution < 1.29 is 9.53 Å². The molecule has 0 spiro atoms. The van der Waals surface area contributed by atoms with Crippen LogP contribution in [0, 0.1) is 0 Å². The monoisotopic (exact) mass is 263 g/mol. The number of hydrogen-bond acceptors (Lipinski definition) is 4. The molecule has 0 bridgehead atoms. The number of amides is 1. The van der Waals surface area contributed by atoms with Crippen LogP contribution in [-0.2, 0) is 4.74 Å². The summed E-state index contributed by atoms with van der Waals surface area (Å²) in [6.07, 6.45) is 3.74. The number of nitrogens with zero attached hydrogens (tertiary/aromatic N) is 2. The van der Waals surface area contributed by atoms with Gasteiger partial charge in [-0.3, -0.25) is 4.79 Å². The number of pyridine rings is 1. The Morgan fingerprint density at radius 2 is 2.47 bits per heavy atom. The molecule has 0 radical (unpaired) electrons. The van der Waals surface area contributed by atoms with Crippen molar-refractivity contribution in [2.75, 3.05) is 32.1 Å². The summed E-state index contributed by atoms with van der Waals surface area (Å²) in [6, 6.07) is 3.80. The lowest BCUT2D eigenvalue weighted by molar-refractivity contribution is 0.0565. The Labute approximate surface area is 114 Å². The number of carbonyl (C=O) groups excluding carboxylic acids is 1. The van der Waals surface area contributed by atoms with E-state index in [9.17, 15) is 4.79 Å². The topological polar surface area (TPSA) is 54.5 Å². The Kier molecular flexibility index (Phi) is 4.74. The lowest BCUT2D eigenvalue weighted by Crippen LogP contribution is -2.38. The van der Waals surface area contributed by atoms with Gasteiger partial charge < -0.3 is 15.0 Å². The number of anilines is 1. The third-order valence-corrected chi connectivity index (χ3v) is 3.43. The van der Waals surface area contributed by atoms with Crippen LogP contribution < -0.4 is 5.32 Å². The normalized spacial score (nSPS) is 18.6. The van der Waals surface area contributed by atoms with Crippen molar-refractivity contribution in [1.82, 2.24) is 9.88 Å². The molecule has 5 heteroatoms. The molecule has 1 aromatic rings. The second-order valence-corrected chi connectivity index (χ2v) is 4.60. The third-order valence-electron chi connectivity index (χ3n) is 3.43. The Morgan fingerprint density at radius 3 is 3.21 bits per heavy atom. The second kappa shape index (κ2) is 6.52. The molecule has 1 aromatic heterocycles. The van der Waals surface area contributed by atoms with E-state index >= 15 is 0 Å². The van der Waals surface area contributed by atoms with E-state index in [1.165, 1.54) is 0 Å². The summed E-state index contributed by atoms with van der Waals surface area (Å²) in [5, 5.41) is 2.97. The first-order valence-corrected chi connectivity index (χ1v) is 6.79. The summed E-state index contributed by atoms with van der Waals surface area (Å²) >= 11 is 0. The fourth-order valence-corrected chi connectivity index (χ4v) is 2.46. The van der Waals surface area contributed by atoms with E-state index in [0.717, 1.165) is 19.4 Å². The van der Waals surface area contributed by atoms with Crippen molar-refractivity contribution >= 4 is 11.7 Å². The average Bonchev–Trinajstić information content (AvgIpc) is 2.92. The van der Waals surface area contributed by atoms with Crippen molar-refractivity contribution in [3.63, 3.8) is 0 Å². The molecule has 1 fully saturated rings. The fourth-order valence-electron chi connectivity index (χ4n) is 2.46. The molecule has 1 N–H and O–H groups in total. The van der Waals surface area contributed by atoms with Gasteiger partial charge in [-0.15, -0.1) is 0 Å². The predicted molar refractivity (Wildman–Crippen MR) is 74.3 cm³/mol. The molecule has 5 nitrogen and oxygen atoms in total. The predicted octanol–water partition coefficient (Wildman–Crippen LogP) is 1.76. The van der Waals surface area contributed by atoms with Crippen molar-refractivity contribution in [2.24, 2.45) is 0 Å². The number of ether oxygens (including phenoxy) is 1. The van der Waals surface area contributed by atoms with E-state index in [0.29, 0.717) is 24.6 Å². The number of hydrogen-bond donors (Lipinski definition) is 1. The van der Waals surface area contributed by atoms with Gasteiger partial charge in [0.2, 0.25) is 0 Å². The zero-order valence-electron chi connectivity index (χ0n) is 11.6. The standard InChI is InChI=1S/C14H21N3O2/c1-3-19-10-11-6-5-9-17(11)14(18)12-7-4-8-16-13(12)15-2/h4,7-8,11H,3,5-6,9-10H2,1-2H3,(H,15,16)/t11-/m1/s1. The molecule has 1 atom stereocenters. The largest absolute Gasteiger partial charge is 0.380 e. The highest BCUT2D eigenvalue weighted by atomic mass is 16.5. The first kappa shape index (κ1) is 13.8. The maximum atomic E-state index is 12.6. The zero-order chi connectivity index (χ0) is 13.7. The van der Waals surface area contributed by atoms with Gasteiger partial charge in [-0.25, -0.2) is 4.98 Å². The Morgan fingerprint density at radius 1 is 1.63 bits per heavy atom. The molecule has 2 rings (SSSR count). The molecular weight excluding hydrogens is 242 g/mol. The van der Waals surface area contributed by atoms with Gasteiger partial charge in [-0.05, 0) is 31.9 Å². The molecule has 1 aliphatic rings. The van der Waals surface area contributed by atoms with Crippen LogP contribution in [0.2, 0.25) is 0 Å². The summed E-state index contributed by atoms with van der Waals surface area (Å²) < 4.78 is 5.47. The van der Waals surface area contributed by atoms with Crippen molar-refractivity contribution in [3.05, 3.63) is 23.9 Å². The minimum atomic E-state index is 0.0413. The average molecular weight is 263 g/mol. The highest BCUT2D eigenvalue weighted by Crippen LogP contribution is 2.22. The van der Waals surface area contributed by atoms with Gasteiger partial charge in [0.25, 0.3) is 5.91 Å². The molecule has 1 amide bonds. The molecule has 0 aromatic carbocycles. The Hall–Kier alpha value is -1.62. The second-order valence-electron chi connectivity index (χ2n) is 4.60. The lowest BCUT2D eigenvalue weighted by atomic mass is 10.2. The van der Waals surface area contributed by atoms with Crippen molar-refractivity contribution in [2.45, 2.75) is 25.8 Å². The van der Waals surface area contributed by atoms with Crippen LogP contribution >= 0.6 is 0 Å². The quantitative estimate of drug-likeness (QED) is 0.879. The molecule has 104 valence electrons. The highest BCUT2D eigenvalue weighted by Gasteiger charge is 2.30. The van der Waals surface area contributed by atoms with Gasteiger partial charge in [-0.1, -0.05) is 0 Å². The van der Waals surface area contributed by atoms with Crippen LogP contribution in [-0.4, -0.2) is 48.6 Å². The molecule has 19 heavy (non-hydrogen) atoms. The first-order valence-electron chi connectivity index (χ1n) is 6.79. The van der Waals surface area contributed by atoms with Crippen LogP contribution in [0.5, 0.6) is 0 Å². The minimum absolute atomic E-state index is 0.0413. The van der Waals surface area contributed by atoms with Crippen molar-refractivity contribution in [3.8, 4) is 0 Å². The van der Waals surface area contributed by atoms with Gasteiger partial charge in [0.1, 0.15) is 5.82 Å². The summed E-state index contributed by atoms with van der Waals surface area (Å²) in [5.74, 6) is 0.675. The van der Waals surface area contributed by atoms with Crippen LogP contribution in [0.25, 0.3) is 0 Å². The number of nitrogens with one attached hydrogen (secondary N) is 1. The Balaban J connectivity index is 2.13. The maximum Gasteiger partial charge on any atom is 0.257 e. The maximum absolute atomic E-state index is 12.6. The van der Waals surface area contributed by atoms with Crippen LogP contribution in [0.4, 0.5) is 5.82 Å². The molecule has 0 aliphatic carbocycles. The minimum Gasteiger partial charge on any atom is -0.380 e. The van der Waals surface area contributed by atoms with Crippen LogP contribution in [0.3, 0.4) is 0 Å². The SMILES string of the molecule is CCOC[C@H]1CCCN1C(=O)c1cccnc1NC. The van der Waals surface area contributed by atoms with E-state index in [1.807, 2.05) is 17.9 Å². The lowest BCUT2D eigenvalue weighted by Gasteiger charge is -2.25. The van der Waals surface area contributed by atoms with Gasteiger partial charge in [0.05, 0.1) is 18.2 Å². The number of carbonyl (C=O) groups is 1. The zero-order valence-corrected chi connectivity index (χ0v) is 11.6. The molecule has 1 aliphatic heterocycles. The summed E-state index contributed by atoms with van der Waals surface area (Å²) in [6.45, 7) is 4.08. The van der Waals surface area contributed by atoms with Crippen LogP contribution in [0.15, 0.2) is 18.3 Å². The molecule has 1 saturated heterocycles. The van der Waals surface area contributed by atoms with E-state index < -0.39 is 0 Å².